The highest BCUT2D eigenvalue weighted by Crippen LogP contribution is 2.27. The van der Waals surface area contributed by atoms with E-state index in [0.717, 1.165) is 37.2 Å². The molecule has 9 nitrogen and oxygen atoms in total. The normalized spacial score (nSPS) is 14.7. The van der Waals surface area contributed by atoms with Crippen LogP contribution in [0.4, 0.5) is 17.5 Å². The summed E-state index contributed by atoms with van der Waals surface area (Å²) in [5, 5.41) is 16.3. The van der Waals surface area contributed by atoms with Crippen LogP contribution in [0.2, 0.25) is 0 Å². The van der Waals surface area contributed by atoms with E-state index in [4.69, 9.17) is 21.9 Å². The summed E-state index contributed by atoms with van der Waals surface area (Å²) < 4.78 is 1.84. The largest absolute Gasteiger partial charge is 0.394 e. The van der Waals surface area contributed by atoms with Gasteiger partial charge < -0.3 is 27.1 Å². The summed E-state index contributed by atoms with van der Waals surface area (Å²) in [5.74, 6) is 1.14. The minimum Gasteiger partial charge on any atom is -0.394 e. The van der Waals surface area contributed by atoms with Crippen molar-refractivity contribution < 1.29 is 0 Å². The van der Waals surface area contributed by atoms with Gasteiger partial charge in [0.2, 0.25) is 5.95 Å². The Balaban J connectivity index is 1.65. The molecule has 32 heavy (non-hydrogen) atoms. The van der Waals surface area contributed by atoms with Crippen LogP contribution in [0.15, 0.2) is 42.7 Å². The van der Waals surface area contributed by atoms with E-state index in [1.54, 1.807) is 6.20 Å². The summed E-state index contributed by atoms with van der Waals surface area (Å²) in [6.07, 6.45) is 5.46. The van der Waals surface area contributed by atoms with E-state index in [0.29, 0.717) is 35.4 Å². The maximum atomic E-state index is 8.54. The molecule has 4 rings (SSSR count). The van der Waals surface area contributed by atoms with E-state index < -0.39 is 0 Å². The maximum absolute atomic E-state index is 8.54. The number of hydrogen-bond donors (Lipinski definition) is 4. The van der Waals surface area contributed by atoms with Crippen molar-refractivity contribution in [3.63, 3.8) is 0 Å². The average molecular weight is 434 g/mol. The van der Waals surface area contributed by atoms with E-state index in [2.05, 4.69) is 20.3 Å². The van der Waals surface area contributed by atoms with Crippen molar-refractivity contribution in [1.29, 1.82) is 5.41 Å². The highest BCUT2D eigenvalue weighted by atomic mass is 15.3. The highest BCUT2D eigenvalue weighted by molar-refractivity contribution is 6.04. The fraction of sp³-hybridized carbons (Fsp3) is 0.391. The number of nitrogens with two attached hydrogens (primary N) is 2. The van der Waals surface area contributed by atoms with Gasteiger partial charge in [-0.1, -0.05) is 32.0 Å². The third-order valence-corrected chi connectivity index (χ3v) is 5.78. The molecular formula is C23H31N9. The monoisotopic (exact) mass is 433 g/mol. The van der Waals surface area contributed by atoms with Crippen LogP contribution in [-0.2, 0) is 6.54 Å². The van der Waals surface area contributed by atoms with Gasteiger partial charge in [-0.3, -0.25) is 0 Å². The van der Waals surface area contributed by atoms with Gasteiger partial charge in [0.15, 0.2) is 5.82 Å². The third kappa shape index (κ3) is 4.57. The van der Waals surface area contributed by atoms with Crippen LogP contribution in [0.5, 0.6) is 0 Å². The number of piperidine rings is 1. The van der Waals surface area contributed by atoms with Crippen LogP contribution in [0.25, 0.3) is 5.69 Å². The lowest BCUT2D eigenvalue weighted by Crippen LogP contribution is -2.40. The van der Waals surface area contributed by atoms with Crippen LogP contribution >= 0.6 is 0 Å². The van der Waals surface area contributed by atoms with Crippen molar-refractivity contribution in [2.45, 2.75) is 39.3 Å². The second-order valence-corrected chi connectivity index (χ2v) is 8.46. The van der Waals surface area contributed by atoms with Crippen LogP contribution in [-0.4, -0.2) is 44.6 Å². The molecule has 1 saturated heterocycles. The van der Waals surface area contributed by atoms with Crippen molar-refractivity contribution in [1.82, 2.24) is 19.7 Å². The highest BCUT2D eigenvalue weighted by Gasteiger charge is 2.23. The predicted molar refractivity (Wildman–Crippen MR) is 128 cm³/mol. The minimum atomic E-state index is 0.00298. The van der Waals surface area contributed by atoms with Crippen LogP contribution in [0, 0.1) is 11.3 Å². The molecule has 1 aromatic carbocycles. The van der Waals surface area contributed by atoms with Crippen molar-refractivity contribution in [3.8, 4) is 5.69 Å². The first-order valence-electron chi connectivity index (χ1n) is 11.0. The van der Waals surface area contributed by atoms with Gasteiger partial charge in [0, 0.05) is 38.1 Å². The summed E-state index contributed by atoms with van der Waals surface area (Å²) in [6, 6.07) is 10.2. The predicted octanol–water partition coefficient (Wildman–Crippen LogP) is 2.81. The smallest absolute Gasteiger partial charge is 0.228 e. The van der Waals surface area contributed by atoms with Gasteiger partial charge in [-0.25, -0.2) is 9.67 Å². The molecule has 0 amide bonds. The molecule has 0 atom stereocenters. The zero-order valence-electron chi connectivity index (χ0n) is 18.6. The Morgan fingerprint density at radius 1 is 1.19 bits per heavy atom. The van der Waals surface area contributed by atoms with Crippen LogP contribution < -0.4 is 21.7 Å². The molecule has 1 fully saturated rings. The van der Waals surface area contributed by atoms with E-state index >= 15 is 0 Å². The van der Waals surface area contributed by atoms with Crippen molar-refractivity contribution in [2.75, 3.05) is 29.0 Å². The molecular weight excluding hydrogens is 402 g/mol. The van der Waals surface area contributed by atoms with Crippen LogP contribution in [0.1, 0.15) is 37.9 Å². The van der Waals surface area contributed by atoms with E-state index in [9.17, 15) is 0 Å². The molecule has 168 valence electrons. The number of nitrogen functional groups attached to an aromatic ring is 1. The van der Waals surface area contributed by atoms with Gasteiger partial charge in [-0.05, 0) is 36.5 Å². The molecule has 3 heterocycles. The molecule has 0 radical (unpaired) electrons. The van der Waals surface area contributed by atoms with Gasteiger partial charge in [-0.15, -0.1) is 0 Å². The van der Waals surface area contributed by atoms with Crippen molar-refractivity contribution in [2.24, 2.45) is 11.7 Å². The maximum Gasteiger partial charge on any atom is 0.228 e. The van der Waals surface area contributed by atoms with Gasteiger partial charge in [0.1, 0.15) is 11.4 Å². The van der Waals surface area contributed by atoms with Crippen molar-refractivity contribution >= 4 is 23.2 Å². The van der Waals surface area contributed by atoms with Gasteiger partial charge in [0.05, 0.1) is 11.4 Å². The van der Waals surface area contributed by atoms with E-state index in [1.807, 2.05) is 55.1 Å². The summed E-state index contributed by atoms with van der Waals surface area (Å²) in [5.41, 5.74) is 15.9. The zero-order valence-corrected chi connectivity index (χ0v) is 18.6. The number of benzene rings is 1. The first-order valence-corrected chi connectivity index (χ1v) is 11.0. The molecule has 0 bridgehead atoms. The number of para-hydroxylation sites is 1. The SMILES string of the molecule is CC(C)C(=N)c1nc(N2CCC(N)CC2)nc(NCc2ccccc2-n2cccn2)c1N. The van der Waals surface area contributed by atoms with Gasteiger partial charge in [0.25, 0.3) is 0 Å². The number of anilines is 3. The fourth-order valence-electron chi connectivity index (χ4n) is 3.79. The molecule has 6 N–H and O–H groups in total. The molecule has 0 saturated carbocycles. The molecule has 3 aromatic rings. The Hall–Kier alpha value is -3.46. The summed E-state index contributed by atoms with van der Waals surface area (Å²) >= 11 is 0. The van der Waals surface area contributed by atoms with Crippen molar-refractivity contribution in [3.05, 3.63) is 54.0 Å². The lowest BCUT2D eigenvalue weighted by Gasteiger charge is -2.31. The average Bonchev–Trinajstić information content (AvgIpc) is 3.33. The second kappa shape index (κ2) is 9.35. The van der Waals surface area contributed by atoms with E-state index in [1.165, 1.54) is 0 Å². The zero-order chi connectivity index (χ0) is 22.7. The Kier molecular flexibility index (Phi) is 6.36. The first-order chi connectivity index (χ1) is 15.4. The number of hydrogen-bond acceptors (Lipinski definition) is 8. The quantitative estimate of drug-likeness (QED) is 0.421. The molecule has 0 spiro atoms. The lowest BCUT2D eigenvalue weighted by molar-refractivity contribution is 0.495. The van der Waals surface area contributed by atoms with Crippen LogP contribution in [0.3, 0.4) is 0 Å². The first kappa shape index (κ1) is 21.8. The Labute approximate surface area is 188 Å². The number of rotatable bonds is 7. The Morgan fingerprint density at radius 3 is 2.62 bits per heavy atom. The van der Waals surface area contributed by atoms with E-state index in [-0.39, 0.29) is 12.0 Å². The van der Waals surface area contributed by atoms with Gasteiger partial charge >= 0.3 is 0 Å². The third-order valence-electron chi connectivity index (χ3n) is 5.78. The number of nitrogens with one attached hydrogen (secondary N) is 2. The summed E-state index contributed by atoms with van der Waals surface area (Å²) in [7, 11) is 0. The molecule has 9 heteroatoms. The molecule has 0 aliphatic carbocycles. The summed E-state index contributed by atoms with van der Waals surface area (Å²) in [4.78, 5) is 11.6. The fourth-order valence-corrected chi connectivity index (χ4v) is 3.79. The second-order valence-electron chi connectivity index (χ2n) is 8.46. The molecule has 1 aliphatic heterocycles. The molecule has 0 unspecified atom stereocenters. The Bertz CT molecular complexity index is 1070. The lowest BCUT2D eigenvalue weighted by atomic mass is 10.0. The molecule has 2 aromatic heterocycles. The Morgan fingerprint density at radius 2 is 1.94 bits per heavy atom. The topological polar surface area (TPSA) is 135 Å². The molecule has 1 aliphatic rings. The number of aromatic nitrogens is 4. The standard InChI is InChI=1S/C23H31N9/c1-15(2)19(25)21-20(26)22(30-23(29-21)31-12-8-17(24)9-13-31)27-14-16-6-3-4-7-18(16)32-11-5-10-28-32/h3-7,10-11,15,17,25H,8-9,12-14,24,26H2,1-2H3,(H,27,29,30). The number of nitrogens with zero attached hydrogens (tertiary/aromatic N) is 5. The minimum absolute atomic E-state index is 0.00298. The summed E-state index contributed by atoms with van der Waals surface area (Å²) in [6.45, 7) is 6.03. The van der Waals surface area contributed by atoms with Gasteiger partial charge in [-0.2, -0.15) is 10.1 Å².